The van der Waals surface area contributed by atoms with Gasteiger partial charge in [0.15, 0.2) is 22.4 Å². The Morgan fingerprint density at radius 2 is 1.89 bits per heavy atom. The lowest BCUT2D eigenvalue weighted by Gasteiger charge is -2.43. The highest BCUT2D eigenvalue weighted by molar-refractivity contribution is 7.81. The second-order valence-electron chi connectivity index (χ2n) is 10.1. The zero-order valence-corrected chi connectivity index (χ0v) is 21.4. The normalized spacial score (nSPS) is 19.6. The number of hydrogen-bond donors (Lipinski definition) is 0. The SMILES string of the molecule is N#Cc1nccc(N2C(=O)C3(CCC3)N(c3ccc(OCCC4CCCCC4)c(F)c3)C2=S)c1C(F)(F)F. The van der Waals surface area contributed by atoms with Gasteiger partial charge in [0.25, 0.3) is 5.91 Å². The minimum Gasteiger partial charge on any atom is -0.491 e. The summed E-state index contributed by atoms with van der Waals surface area (Å²) in [6, 6.07) is 6.71. The lowest BCUT2D eigenvalue weighted by molar-refractivity contribution is -0.137. The maximum Gasteiger partial charge on any atom is 0.421 e. The van der Waals surface area contributed by atoms with Gasteiger partial charge in [-0.25, -0.2) is 9.37 Å². The Bertz CT molecular complexity index is 1300. The van der Waals surface area contributed by atoms with Gasteiger partial charge in [-0.2, -0.15) is 18.4 Å². The first-order valence-electron chi connectivity index (χ1n) is 12.7. The molecular formula is C27H26F4N4O2S. The maximum absolute atomic E-state index is 15.1. The van der Waals surface area contributed by atoms with E-state index in [-0.39, 0.29) is 16.5 Å². The molecule has 1 aromatic carbocycles. The van der Waals surface area contributed by atoms with Crippen molar-refractivity contribution < 1.29 is 27.1 Å². The van der Waals surface area contributed by atoms with Crippen LogP contribution in [0.15, 0.2) is 30.5 Å². The smallest absolute Gasteiger partial charge is 0.421 e. The molecule has 2 heterocycles. The van der Waals surface area contributed by atoms with Crippen molar-refractivity contribution in [2.75, 3.05) is 16.4 Å². The maximum atomic E-state index is 15.1. The number of alkyl halides is 3. The van der Waals surface area contributed by atoms with E-state index in [0.29, 0.717) is 31.8 Å². The lowest BCUT2D eigenvalue weighted by atomic mass is 9.75. The molecule has 1 saturated heterocycles. The van der Waals surface area contributed by atoms with Gasteiger partial charge in [-0.15, -0.1) is 0 Å². The van der Waals surface area contributed by atoms with Crippen molar-refractivity contribution in [1.29, 1.82) is 5.26 Å². The molecular weight excluding hydrogens is 520 g/mol. The van der Waals surface area contributed by atoms with Crippen LogP contribution in [0.5, 0.6) is 5.75 Å². The van der Waals surface area contributed by atoms with Gasteiger partial charge in [-0.1, -0.05) is 32.1 Å². The predicted octanol–water partition coefficient (Wildman–Crippen LogP) is 6.52. The first-order valence-corrected chi connectivity index (χ1v) is 13.2. The zero-order valence-electron chi connectivity index (χ0n) is 20.6. The number of ether oxygens (including phenoxy) is 1. The number of hydrogen-bond acceptors (Lipinski definition) is 5. The summed E-state index contributed by atoms with van der Waals surface area (Å²) >= 11 is 5.54. The summed E-state index contributed by atoms with van der Waals surface area (Å²) in [5.41, 5.74) is -3.71. The number of amides is 1. The Balaban J connectivity index is 1.43. The quantitative estimate of drug-likeness (QED) is 0.304. The number of pyridine rings is 1. The molecule has 1 aliphatic heterocycles. The monoisotopic (exact) mass is 546 g/mol. The Kier molecular flexibility index (Phi) is 7.03. The third-order valence-corrected chi connectivity index (χ3v) is 8.20. The van der Waals surface area contributed by atoms with Gasteiger partial charge < -0.3 is 9.64 Å². The number of anilines is 2. The Morgan fingerprint density at radius 3 is 2.50 bits per heavy atom. The number of benzene rings is 1. The van der Waals surface area contributed by atoms with E-state index >= 15 is 4.39 Å². The van der Waals surface area contributed by atoms with Gasteiger partial charge in [0, 0.05) is 18.0 Å². The van der Waals surface area contributed by atoms with Crippen LogP contribution in [0, 0.1) is 23.1 Å². The molecule has 2 aliphatic carbocycles. The van der Waals surface area contributed by atoms with E-state index in [9.17, 15) is 23.2 Å². The van der Waals surface area contributed by atoms with Gasteiger partial charge in [-0.3, -0.25) is 9.69 Å². The average molecular weight is 547 g/mol. The standard InChI is InChI=1S/C27H26F4N4O2S/c28-19-15-18(7-8-22(19)37-14-10-17-5-2-1-3-6-17)35-25(38)34(24(36)26(35)11-4-12-26)21-9-13-33-20(16-32)23(21)27(29,30)31/h7-9,13,15,17H,1-6,10-12,14H2. The van der Waals surface area contributed by atoms with Crippen LogP contribution < -0.4 is 14.5 Å². The fourth-order valence-electron chi connectivity index (χ4n) is 5.75. The summed E-state index contributed by atoms with van der Waals surface area (Å²) < 4.78 is 62.8. The van der Waals surface area contributed by atoms with E-state index in [2.05, 4.69) is 4.98 Å². The zero-order chi connectivity index (χ0) is 27.1. The van der Waals surface area contributed by atoms with Crippen LogP contribution in [-0.4, -0.2) is 28.1 Å². The molecule has 0 unspecified atom stereocenters. The highest BCUT2D eigenvalue weighted by atomic mass is 32.1. The molecule has 0 bridgehead atoms. The summed E-state index contributed by atoms with van der Waals surface area (Å²) in [5.74, 6) is -0.615. The molecule has 1 spiro atoms. The molecule has 3 aliphatic rings. The van der Waals surface area contributed by atoms with E-state index in [1.165, 1.54) is 42.4 Å². The van der Waals surface area contributed by atoms with E-state index < -0.39 is 40.4 Å². The van der Waals surface area contributed by atoms with Gasteiger partial charge in [-0.05, 0) is 62.0 Å². The second kappa shape index (κ2) is 10.1. The Hall–Kier alpha value is -3.26. The third kappa shape index (κ3) is 4.49. The fraction of sp³-hybridized carbons (Fsp3) is 0.481. The summed E-state index contributed by atoms with van der Waals surface area (Å²) in [4.78, 5) is 19.4. The number of nitrogens with zero attached hydrogens (tertiary/aromatic N) is 4. The molecule has 6 nitrogen and oxygen atoms in total. The van der Waals surface area contributed by atoms with Crippen LogP contribution >= 0.6 is 12.2 Å². The highest BCUT2D eigenvalue weighted by Crippen LogP contribution is 2.50. The van der Waals surface area contributed by atoms with Crippen LogP contribution in [0.2, 0.25) is 0 Å². The van der Waals surface area contributed by atoms with E-state index in [1.807, 2.05) is 0 Å². The minimum atomic E-state index is -4.95. The van der Waals surface area contributed by atoms with Crippen LogP contribution in [0.3, 0.4) is 0 Å². The molecule has 0 atom stereocenters. The molecule has 0 N–H and O–H groups in total. The van der Waals surface area contributed by atoms with Gasteiger partial charge >= 0.3 is 6.18 Å². The van der Waals surface area contributed by atoms with Gasteiger partial charge in [0.05, 0.1) is 12.3 Å². The van der Waals surface area contributed by atoms with Crippen molar-refractivity contribution in [2.45, 2.75) is 69.5 Å². The van der Waals surface area contributed by atoms with Crippen molar-refractivity contribution in [3.05, 3.63) is 47.5 Å². The average Bonchev–Trinajstić information content (AvgIpc) is 3.11. The van der Waals surface area contributed by atoms with Crippen LogP contribution in [0.4, 0.5) is 28.9 Å². The van der Waals surface area contributed by atoms with E-state index in [1.54, 1.807) is 6.07 Å². The number of rotatable bonds is 6. The lowest BCUT2D eigenvalue weighted by Crippen LogP contribution is -2.55. The molecule has 38 heavy (non-hydrogen) atoms. The minimum absolute atomic E-state index is 0.0765. The van der Waals surface area contributed by atoms with E-state index in [4.69, 9.17) is 17.0 Å². The fourth-order valence-corrected chi connectivity index (χ4v) is 6.21. The van der Waals surface area contributed by atoms with Gasteiger partial charge in [0.1, 0.15) is 17.2 Å². The largest absolute Gasteiger partial charge is 0.491 e. The second-order valence-corrected chi connectivity index (χ2v) is 10.4. The molecule has 1 amide bonds. The molecule has 0 radical (unpaired) electrons. The first-order chi connectivity index (χ1) is 18.2. The van der Waals surface area contributed by atoms with Crippen LogP contribution in [-0.2, 0) is 11.0 Å². The number of thiocarbonyl (C=S) groups is 1. The molecule has 2 saturated carbocycles. The summed E-state index contributed by atoms with van der Waals surface area (Å²) in [6.07, 6.45) is 4.29. The number of nitriles is 1. The molecule has 5 rings (SSSR count). The number of carbonyl (C=O) groups excluding carboxylic acids is 1. The Morgan fingerprint density at radius 1 is 1.16 bits per heavy atom. The third-order valence-electron chi connectivity index (χ3n) is 7.83. The molecule has 11 heteroatoms. The van der Waals surface area contributed by atoms with Crippen molar-refractivity contribution >= 4 is 34.6 Å². The van der Waals surface area contributed by atoms with Crippen molar-refractivity contribution in [3.8, 4) is 11.8 Å². The molecule has 1 aromatic heterocycles. The molecule has 3 fully saturated rings. The topological polar surface area (TPSA) is 69.5 Å². The van der Waals surface area contributed by atoms with Gasteiger partial charge in [0.2, 0.25) is 0 Å². The summed E-state index contributed by atoms with van der Waals surface area (Å²) in [7, 11) is 0. The molecule has 200 valence electrons. The Labute approximate surface area is 223 Å². The van der Waals surface area contributed by atoms with Crippen LogP contribution in [0.1, 0.15) is 69.0 Å². The van der Waals surface area contributed by atoms with Crippen LogP contribution in [0.25, 0.3) is 0 Å². The predicted molar refractivity (Wildman–Crippen MR) is 136 cm³/mol. The summed E-state index contributed by atoms with van der Waals surface area (Å²) in [6.45, 7) is 0.392. The summed E-state index contributed by atoms with van der Waals surface area (Å²) in [5, 5.41) is 9.04. The van der Waals surface area contributed by atoms with Crippen molar-refractivity contribution in [3.63, 3.8) is 0 Å². The first kappa shape index (κ1) is 26.4. The van der Waals surface area contributed by atoms with Crippen molar-refractivity contribution in [2.24, 2.45) is 5.92 Å². The number of carbonyl (C=O) groups is 1. The molecule has 2 aromatic rings. The van der Waals surface area contributed by atoms with E-state index in [0.717, 1.165) is 36.4 Å². The number of halogens is 4. The highest BCUT2D eigenvalue weighted by Gasteiger charge is 2.60. The number of aromatic nitrogens is 1. The van der Waals surface area contributed by atoms with Crippen molar-refractivity contribution in [1.82, 2.24) is 4.98 Å².